The van der Waals surface area contributed by atoms with Crippen molar-refractivity contribution in [2.75, 3.05) is 9.80 Å². The Morgan fingerprint density at radius 2 is 0.960 bits per heavy atom. The van der Waals surface area contributed by atoms with Gasteiger partial charge in [0.05, 0.1) is 0 Å². The Morgan fingerprint density at radius 3 is 1.42 bits per heavy atom. The van der Waals surface area contributed by atoms with E-state index in [0.717, 1.165) is 23.3 Å². The van der Waals surface area contributed by atoms with E-state index in [-0.39, 0.29) is 36.1 Å². The zero-order chi connectivity index (χ0) is 35.1. The van der Waals surface area contributed by atoms with E-state index in [9.17, 15) is 34.4 Å². The molecule has 9 heteroatoms. The van der Waals surface area contributed by atoms with Crippen LogP contribution in [0.5, 0.6) is 23.0 Å². The predicted octanol–water partition coefficient (Wildman–Crippen LogP) is 9.54. The fraction of sp³-hybridized carbons (Fsp3) is 0.0732. The van der Waals surface area contributed by atoms with Gasteiger partial charge in [-0.1, -0.05) is 37.8 Å². The number of phenols is 4. The minimum Gasteiger partial charge on any atom is -0.508 e. The van der Waals surface area contributed by atoms with E-state index in [2.05, 4.69) is 0 Å². The first-order valence-electron chi connectivity index (χ1n) is 15.2. The molecule has 0 aromatic heterocycles. The molecule has 2 amide bonds. The van der Waals surface area contributed by atoms with Crippen LogP contribution < -0.4 is 9.80 Å². The topological polar surface area (TPSA) is 122 Å². The van der Waals surface area contributed by atoms with Crippen molar-refractivity contribution in [2.45, 2.75) is 21.3 Å². The largest absolute Gasteiger partial charge is 0.508 e. The molecule has 6 aromatic rings. The second kappa shape index (κ2) is 16.0. The monoisotopic (exact) mass is 672 g/mol. The van der Waals surface area contributed by atoms with Gasteiger partial charge >= 0.3 is 0 Å². The number of carbonyl (C=O) groups excluding carboxylic acids is 2. The van der Waals surface area contributed by atoms with Gasteiger partial charge in [0.25, 0.3) is 11.8 Å². The zero-order valence-corrected chi connectivity index (χ0v) is 26.7. The molecule has 0 bridgehead atoms. The summed E-state index contributed by atoms with van der Waals surface area (Å²) in [6, 6.07) is 37.1. The summed E-state index contributed by atoms with van der Waals surface area (Å²) >= 11 is 0. The van der Waals surface area contributed by atoms with Crippen LogP contribution in [-0.4, -0.2) is 32.2 Å². The maximum Gasteiger partial charge on any atom is 0.263 e. The molecule has 0 spiro atoms. The molecule has 0 heterocycles. The van der Waals surface area contributed by atoms with E-state index in [4.69, 9.17) is 0 Å². The molecule has 0 atom stereocenters. The molecule has 50 heavy (non-hydrogen) atoms. The Balaban J connectivity index is 0.000000220. The number of aryl methyl sites for hydroxylation is 1. The standard InChI is InChI=1S/C21H19NO3.C19H14FNO3.CH4/c1-14-4-3-5-20(15(14)2)21(25)22(16-6-10-18(23)11-7-16)17-8-12-19(24)13-9-17;20-17-12-13(6-11-18(17)23)19(24)21(14-4-2-1-3-5-14)15-7-9-16(22)10-8-15;/h3-13,23-24H,1-2H3;1-12,22-23H;1H4. The third-order valence-corrected chi connectivity index (χ3v) is 7.77. The summed E-state index contributed by atoms with van der Waals surface area (Å²) in [5.41, 5.74) is 5.07. The van der Waals surface area contributed by atoms with Crippen LogP contribution in [0, 0.1) is 19.7 Å². The second-order valence-electron chi connectivity index (χ2n) is 11.1. The average Bonchev–Trinajstić information content (AvgIpc) is 3.10. The molecule has 0 saturated heterocycles. The van der Waals surface area contributed by atoms with Gasteiger partial charge in [-0.3, -0.25) is 19.4 Å². The number of benzene rings is 6. The van der Waals surface area contributed by atoms with Crippen molar-refractivity contribution in [2.24, 2.45) is 0 Å². The normalized spacial score (nSPS) is 10.2. The van der Waals surface area contributed by atoms with Crippen LogP contribution in [0.4, 0.5) is 27.1 Å². The van der Waals surface area contributed by atoms with Gasteiger partial charge in [-0.05, 0) is 134 Å². The molecule has 4 N–H and O–H groups in total. The first kappa shape index (κ1) is 36.2. The quantitative estimate of drug-likeness (QED) is 0.140. The van der Waals surface area contributed by atoms with E-state index in [0.29, 0.717) is 28.3 Å². The molecule has 8 nitrogen and oxygen atoms in total. The molecule has 0 unspecified atom stereocenters. The molecular weight excluding hydrogens is 635 g/mol. The molecule has 6 rings (SSSR count). The lowest BCUT2D eigenvalue weighted by Crippen LogP contribution is -2.26. The predicted molar refractivity (Wildman–Crippen MR) is 194 cm³/mol. The molecule has 0 aliphatic rings. The van der Waals surface area contributed by atoms with Gasteiger partial charge in [0, 0.05) is 33.9 Å². The van der Waals surface area contributed by atoms with E-state index in [1.54, 1.807) is 95.9 Å². The number of para-hydroxylation sites is 1. The maximum atomic E-state index is 13.6. The average molecular weight is 673 g/mol. The van der Waals surface area contributed by atoms with Crippen LogP contribution in [-0.2, 0) is 0 Å². The summed E-state index contributed by atoms with van der Waals surface area (Å²) in [7, 11) is 0. The summed E-state index contributed by atoms with van der Waals surface area (Å²) in [5, 5.41) is 37.8. The number of hydrogen-bond donors (Lipinski definition) is 4. The van der Waals surface area contributed by atoms with E-state index in [1.807, 2.05) is 32.0 Å². The van der Waals surface area contributed by atoms with Crippen LogP contribution in [0.2, 0.25) is 0 Å². The van der Waals surface area contributed by atoms with Crippen molar-refractivity contribution in [3.63, 3.8) is 0 Å². The Hall–Kier alpha value is -6.61. The summed E-state index contributed by atoms with van der Waals surface area (Å²) in [6.45, 7) is 3.89. The minimum atomic E-state index is -0.862. The van der Waals surface area contributed by atoms with Crippen LogP contribution >= 0.6 is 0 Å². The van der Waals surface area contributed by atoms with E-state index < -0.39 is 17.5 Å². The highest BCUT2D eigenvalue weighted by molar-refractivity contribution is 6.12. The number of halogens is 1. The molecule has 254 valence electrons. The smallest absolute Gasteiger partial charge is 0.263 e. The highest BCUT2D eigenvalue weighted by atomic mass is 19.1. The Bertz CT molecular complexity index is 2020. The van der Waals surface area contributed by atoms with E-state index >= 15 is 0 Å². The highest BCUT2D eigenvalue weighted by Gasteiger charge is 2.23. The summed E-state index contributed by atoms with van der Waals surface area (Å²) in [5.74, 6) is -1.65. The fourth-order valence-electron chi connectivity index (χ4n) is 5.02. The van der Waals surface area contributed by atoms with Gasteiger partial charge in [0.1, 0.15) is 17.2 Å². The number of rotatable bonds is 6. The highest BCUT2D eigenvalue weighted by Crippen LogP contribution is 2.32. The third kappa shape index (κ3) is 8.26. The number of aromatic hydroxyl groups is 4. The van der Waals surface area contributed by atoms with Gasteiger partial charge < -0.3 is 20.4 Å². The van der Waals surface area contributed by atoms with Gasteiger partial charge in [-0.25, -0.2) is 4.39 Å². The number of hydrogen-bond acceptors (Lipinski definition) is 6. The van der Waals surface area contributed by atoms with Gasteiger partial charge in [-0.2, -0.15) is 0 Å². The molecular formula is C41H37FN2O6. The molecule has 6 aromatic carbocycles. The van der Waals surface area contributed by atoms with Crippen LogP contribution in [0.25, 0.3) is 0 Å². The lowest BCUT2D eigenvalue weighted by molar-refractivity contribution is 0.0990. The molecule has 0 radical (unpaired) electrons. The zero-order valence-electron chi connectivity index (χ0n) is 26.7. The molecule has 0 aliphatic heterocycles. The number of nitrogens with zero attached hydrogens (tertiary/aromatic N) is 2. The van der Waals surface area contributed by atoms with Crippen molar-refractivity contribution in [3.8, 4) is 23.0 Å². The summed E-state index contributed by atoms with van der Waals surface area (Å²) < 4.78 is 13.6. The second-order valence-corrected chi connectivity index (χ2v) is 11.1. The van der Waals surface area contributed by atoms with Crippen molar-refractivity contribution >= 4 is 34.6 Å². The summed E-state index contributed by atoms with van der Waals surface area (Å²) in [6.07, 6.45) is 0. The number of carbonyl (C=O) groups is 2. The minimum absolute atomic E-state index is 0. The van der Waals surface area contributed by atoms with Crippen molar-refractivity contribution in [1.82, 2.24) is 0 Å². The first-order chi connectivity index (χ1) is 23.5. The van der Waals surface area contributed by atoms with Crippen LogP contribution in [0.1, 0.15) is 39.3 Å². The van der Waals surface area contributed by atoms with Crippen molar-refractivity contribution in [3.05, 3.63) is 168 Å². The molecule has 0 saturated carbocycles. The number of anilines is 4. The number of amides is 2. The van der Waals surface area contributed by atoms with Crippen LogP contribution in [0.15, 0.2) is 140 Å². The number of phenolic OH excluding ortho intramolecular Hbond substituents is 4. The van der Waals surface area contributed by atoms with E-state index in [1.165, 1.54) is 23.1 Å². The molecule has 0 fully saturated rings. The van der Waals surface area contributed by atoms with Gasteiger partial charge in [0.2, 0.25) is 0 Å². The Kier molecular flexibility index (Phi) is 11.6. The lowest BCUT2D eigenvalue weighted by atomic mass is 10.0. The van der Waals surface area contributed by atoms with Crippen molar-refractivity contribution < 1.29 is 34.4 Å². The van der Waals surface area contributed by atoms with Gasteiger partial charge in [-0.15, -0.1) is 0 Å². The van der Waals surface area contributed by atoms with Gasteiger partial charge in [0.15, 0.2) is 11.6 Å². The lowest BCUT2D eigenvalue weighted by Gasteiger charge is -2.24. The third-order valence-electron chi connectivity index (χ3n) is 7.77. The van der Waals surface area contributed by atoms with Crippen molar-refractivity contribution in [1.29, 1.82) is 0 Å². The Morgan fingerprint density at radius 1 is 0.520 bits per heavy atom. The maximum absolute atomic E-state index is 13.6. The Labute approximate surface area is 290 Å². The van der Waals surface area contributed by atoms with Crippen LogP contribution in [0.3, 0.4) is 0 Å². The molecule has 0 aliphatic carbocycles. The summed E-state index contributed by atoms with van der Waals surface area (Å²) in [4.78, 5) is 29.2. The first-order valence-corrected chi connectivity index (χ1v) is 15.2. The SMILES string of the molecule is C.Cc1cccc(C(=O)N(c2ccc(O)cc2)c2ccc(O)cc2)c1C.O=C(c1ccc(O)c(F)c1)N(c1ccccc1)c1ccc(O)cc1. The fourth-order valence-corrected chi connectivity index (χ4v) is 5.02.